The van der Waals surface area contributed by atoms with E-state index in [1.807, 2.05) is 0 Å². The predicted molar refractivity (Wildman–Crippen MR) is 88.7 cm³/mol. The highest BCUT2D eigenvalue weighted by Gasteiger charge is 2.22. The maximum Gasteiger partial charge on any atom is 0.0471 e. The van der Waals surface area contributed by atoms with Gasteiger partial charge in [-0.1, -0.05) is 37.9 Å². The smallest absolute Gasteiger partial charge is 0.0471 e. The van der Waals surface area contributed by atoms with Gasteiger partial charge in [0.2, 0.25) is 0 Å². The van der Waals surface area contributed by atoms with E-state index in [0.717, 1.165) is 18.1 Å². The highest BCUT2D eigenvalue weighted by atomic mass is 35.5. The summed E-state index contributed by atoms with van der Waals surface area (Å²) < 4.78 is 0. The van der Waals surface area contributed by atoms with Crippen LogP contribution in [0.15, 0.2) is 18.2 Å². The predicted octanol–water partition coefficient (Wildman–Crippen LogP) is 4.61. The Bertz CT molecular complexity index is 417. The van der Waals surface area contributed by atoms with E-state index < -0.39 is 0 Å². The zero-order valence-corrected chi connectivity index (χ0v) is 13.5. The lowest BCUT2D eigenvalue weighted by atomic mass is 9.97. The van der Waals surface area contributed by atoms with Gasteiger partial charge in [0.15, 0.2) is 0 Å². The summed E-state index contributed by atoms with van der Waals surface area (Å²) >= 11 is 6.44. The lowest BCUT2D eigenvalue weighted by Crippen LogP contribution is -2.39. The maximum absolute atomic E-state index is 6.44. The van der Waals surface area contributed by atoms with Crippen LogP contribution in [0, 0.1) is 0 Å². The third-order valence-corrected chi connectivity index (χ3v) is 4.53. The van der Waals surface area contributed by atoms with Gasteiger partial charge in [-0.3, -0.25) is 0 Å². The first-order valence-corrected chi connectivity index (χ1v) is 8.39. The second-order valence-corrected chi connectivity index (χ2v) is 6.09. The lowest BCUT2D eigenvalue weighted by Gasteiger charge is -2.38. The molecule has 1 aromatic rings. The van der Waals surface area contributed by atoms with Gasteiger partial charge >= 0.3 is 0 Å². The minimum atomic E-state index is 0.699. The van der Waals surface area contributed by atoms with Crippen LogP contribution in [0.25, 0.3) is 0 Å². The third-order valence-electron chi connectivity index (χ3n) is 4.18. The van der Waals surface area contributed by atoms with E-state index in [9.17, 15) is 0 Å². The molecule has 0 spiro atoms. The van der Waals surface area contributed by atoms with Crippen molar-refractivity contribution in [2.24, 2.45) is 0 Å². The Morgan fingerprint density at radius 3 is 2.85 bits per heavy atom. The number of benzene rings is 1. The molecule has 0 aromatic heterocycles. The van der Waals surface area contributed by atoms with Gasteiger partial charge < -0.3 is 10.2 Å². The molecule has 0 radical (unpaired) electrons. The molecule has 1 aliphatic heterocycles. The van der Waals surface area contributed by atoms with E-state index in [2.05, 4.69) is 42.3 Å². The highest BCUT2D eigenvalue weighted by Crippen LogP contribution is 2.30. The number of anilines is 1. The minimum Gasteiger partial charge on any atom is -0.369 e. The Morgan fingerprint density at radius 1 is 1.30 bits per heavy atom. The summed E-state index contributed by atoms with van der Waals surface area (Å²) in [5, 5.41) is 4.23. The van der Waals surface area contributed by atoms with E-state index in [1.165, 1.54) is 49.9 Å². The van der Waals surface area contributed by atoms with Gasteiger partial charge in [0, 0.05) is 29.8 Å². The quantitative estimate of drug-likeness (QED) is 0.824. The molecule has 20 heavy (non-hydrogen) atoms. The van der Waals surface area contributed by atoms with Gasteiger partial charge in [0.25, 0.3) is 0 Å². The fourth-order valence-electron chi connectivity index (χ4n) is 3.09. The van der Waals surface area contributed by atoms with Crippen molar-refractivity contribution >= 4 is 17.3 Å². The first kappa shape index (κ1) is 15.7. The molecule has 3 heteroatoms. The fraction of sp³-hybridized carbons (Fsp3) is 0.647. The zero-order chi connectivity index (χ0) is 14.4. The molecular weight excluding hydrogens is 268 g/mol. The van der Waals surface area contributed by atoms with Crippen molar-refractivity contribution in [2.45, 2.75) is 58.5 Å². The van der Waals surface area contributed by atoms with Gasteiger partial charge in [-0.25, -0.2) is 0 Å². The van der Waals surface area contributed by atoms with E-state index in [0.29, 0.717) is 6.04 Å². The third kappa shape index (κ3) is 3.89. The monoisotopic (exact) mass is 294 g/mol. The van der Waals surface area contributed by atoms with Crippen LogP contribution in [0.3, 0.4) is 0 Å². The van der Waals surface area contributed by atoms with Crippen molar-refractivity contribution in [2.75, 3.05) is 18.0 Å². The summed E-state index contributed by atoms with van der Waals surface area (Å²) in [4.78, 5) is 2.57. The molecule has 1 saturated heterocycles. The van der Waals surface area contributed by atoms with Crippen LogP contribution in [-0.4, -0.2) is 19.1 Å². The average Bonchev–Trinajstić information content (AvgIpc) is 2.47. The highest BCUT2D eigenvalue weighted by molar-refractivity contribution is 6.31. The van der Waals surface area contributed by atoms with Crippen LogP contribution >= 0.6 is 11.6 Å². The summed E-state index contributed by atoms with van der Waals surface area (Å²) in [5.41, 5.74) is 2.50. The average molecular weight is 295 g/mol. The topological polar surface area (TPSA) is 15.3 Å². The van der Waals surface area contributed by atoms with Crippen molar-refractivity contribution in [1.82, 2.24) is 5.32 Å². The Balaban J connectivity index is 2.12. The summed E-state index contributed by atoms with van der Waals surface area (Å²) in [6, 6.07) is 7.27. The van der Waals surface area contributed by atoms with Crippen molar-refractivity contribution in [3.05, 3.63) is 28.8 Å². The molecule has 2 nitrogen and oxygen atoms in total. The molecule has 1 aliphatic rings. The van der Waals surface area contributed by atoms with E-state index in [-0.39, 0.29) is 0 Å². The second-order valence-electron chi connectivity index (χ2n) is 5.69. The molecule has 0 amide bonds. The van der Waals surface area contributed by atoms with Crippen LogP contribution in [0.5, 0.6) is 0 Å². The largest absolute Gasteiger partial charge is 0.369 e. The summed E-state index contributed by atoms with van der Waals surface area (Å²) in [5.74, 6) is 0. The van der Waals surface area contributed by atoms with Crippen molar-refractivity contribution in [3.8, 4) is 0 Å². The van der Waals surface area contributed by atoms with Crippen molar-refractivity contribution in [3.63, 3.8) is 0 Å². The Morgan fingerprint density at radius 2 is 2.15 bits per heavy atom. The normalized spacial score (nSPS) is 19.4. The van der Waals surface area contributed by atoms with E-state index in [1.54, 1.807) is 0 Å². The van der Waals surface area contributed by atoms with Gasteiger partial charge in [-0.15, -0.1) is 0 Å². The Labute approximate surface area is 128 Å². The molecule has 1 aromatic carbocycles. The van der Waals surface area contributed by atoms with E-state index >= 15 is 0 Å². The van der Waals surface area contributed by atoms with Crippen LogP contribution in [0.1, 0.15) is 51.5 Å². The first-order chi connectivity index (χ1) is 9.76. The summed E-state index contributed by atoms with van der Waals surface area (Å²) in [7, 11) is 0. The summed E-state index contributed by atoms with van der Waals surface area (Å²) in [6.45, 7) is 7.40. The second kappa shape index (κ2) is 7.90. The Hall–Kier alpha value is -0.730. The van der Waals surface area contributed by atoms with Crippen LogP contribution in [0.4, 0.5) is 5.69 Å². The van der Waals surface area contributed by atoms with Gasteiger partial charge in [-0.05, 0) is 49.9 Å². The first-order valence-electron chi connectivity index (χ1n) is 8.02. The number of halogens is 1. The minimum absolute atomic E-state index is 0.699. The molecular formula is C17H27ClN2. The molecule has 1 heterocycles. The van der Waals surface area contributed by atoms with Gasteiger partial charge in [0.1, 0.15) is 0 Å². The molecule has 2 rings (SSSR count). The standard InChI is InChI=1S/C17H27ClN2/c1-3-7-15-8-5-6-11-20(15)16-10-9-14(13-19-4-2)17(18)12-16/h9-10,12,15,19H,3-8,11,13H2,1-2H3. The molecule has 1 unspecified atom stereocenters. The summed E-state index contributed by atoms with van der Waals surface area (Å²) in [6.07, 6.45) is 6.54. The SMILES string of the molecule is CCCC1CCCCN1c1ccc(CNCC)c(Cl)c1. The number of rotatable bonds is 6. The maximum atomic E-state index is 6.44. The molecule has 0 aliphatic carbocycles. The number of piperidine rings is 1. The fourth-order valence-corrected chi connectivity index (χ4v) is 3.33. The van der Waals surface area contributed by atoms with Crippen molar-refractivity contribution in [1.29, 1.82) is 0 Å². The number of hydrogen-bond donors (Lipinski definition) is 1. The number of hydrogen-bond acceptors (Lipinski definition) is 2. The molecule has 0 saturated carbocycles. The van der Waals surface area contributed by atoms with Gasteiger partial charge in [0.05, 0.1) is 0 Å². The van der Waals surface area contributed by atoms with E-state index in [4.69, 9.17) is 11.6 Å². The molecule has 0 bridgehead atoms. The van der Waals surface area contributed by atoms with Crippen LogP contribution < -0.4 is 10.2 Å². The molecule has 112 valence electrons. The van der Waals surface area contributed by atoms with Gasteiger partial charge in [-0.2, -0.15) is 0 Å². The zero-order valence-electron chi connectivity index (χ0n) is 12.8. The molecule has 1 atom stereocenters. The molecule has 1 fully saturated rings. The van der Waals surface area contributed by atoms with Crippen LogP contribution in [0.2, 0.25) is 5.02 Å². The number of nitrogens with zero attached hydrogens (tertiary/aromatic N) is 1. The lowest BCUT2D eigenvalue weighted by molar-refractivity contribution is 0.435. The van der Waals surface area contributed by atoms with Crippen molar-refractivity contribution < 1.29 is 0 Å². The Kier molecular flexibility index (Phi) is 6.18. The number of nitrogens with one attached hydrogen (secondary N) is 1. The van der Waals surface area contributed by atoms with Crippen LogP contribution in [-0.2, 0) is 6.54 Å². The molecule has 1 N–H and O–H groups in total.